The maximum Gasteiger partial charge on any atom is 0.260 e. The topological polar surface area (TPSA) is 91.4 Å². The van der Waals surface area contributed by atoms with Gasteiger partial charge in [-0.15, -0.1) is 0 Å². The number of carbonyl (C=O) groups is 3. The summed E-state index contributed by atoms with van der Waals surface area (Å²) in [5.41, 5.74) is 5.54. The van der Waals surface area contributed by atoms with Crippen LogP contribution in [-0.2, 0) is 6.61 Å². The number of anilines is 2. The summed E-state index contributed by atoms with van der Waals surface area (Å²) in [6.07, 6.45) is 0. The van der Waals surface area contributed by atoms with Crippen LogP contribution in [0.4, 0.5) is 11.4 Å². The van der Waals surface area contributed by atoms with Crippen molar-refractivity contribution >= 4 is 34.7 Å². The number of nitrogens with zero attached hydrogens (tertiary/aromatic N) is 3. The first-order valence-electron chi connectivity index (χ1n) is 17.1. The normalized spacial score (nSPS) is 12.9. The van der Waals surface area contributed by atoms with Gasteiger partial charge in [0.15, 0.2) is 0 Å². The molecule has 9 nitrogen and oxygen atoms in total. The number of nitrogens with one attached hydrogen (secondary N) is 1. The summed E-state index contributed by atoms with van der Waals surface area (Å²) in [7, 11) is 5.23. The third-order valence-electron chi connectivity index (χ3n) is 9.26. The average molecular weight is 695 g/mol. The lowest BCUT2D eigenvalue weighted by Crippen LogP contribution is -2.47. The number of piperazine rings is 1. The molecule has 0 bridgehead atoms. The number of likely N-dealkylation sites (N-methyl/N-ethyl adjacent to an activating group) is 1. The standard InChI is InChI=1S/C43H42N4O5/c1-30(36-13-8-9-14-37(36)43(50)47-27-25-45(2)26-28-47)32-17-21-34(22-18-32)46(3)42(49)38-15-10-16-39(51-4)40(38)44-41(48)33-19-23-35(24-20-33)52-29-31-11-6-5-7-12-31/h5-24H,1,25-29H2,2-4H3,(H,44,48). The molecule has 0 spiro atoms. The van der Waals surface area contributed by atoms with Gasteiger partial charge in [-0.3, -0.25) is 14.4 Å². The zero-order valence-corrected chi connectivity index (χ0v) is 29.7. The zero-order chi connectivity index (χ0) is 36.6. The van der Waals surface area contributed by atoms with Crippen LogP contribution in [0.3, 0.4) is 0 Å². The summed E-state index contributed by atoms with van der Waals surface area (Å²) < 4.78 is 11.4. The highest BCUT2D eigenvalue weighted by atomic mass is 16.5. The van der Waals surface area contributed by atoms with Crippen molar-refractivity contribution in [3.8, 4) is 11.5 Å². The number of ether oxygens (including phenoxy) is 2. The third-order valence-corrected chi connectivity index (χ3v) is 9.26. The Kier molecular flexibility index (Phi) is 11.1. The SMILES string of the molecule is C=C(c1ccc(N(C)C(=O)c2cccc(OC)c2NC(=O)c2ccc(OCc3ccccc3)cc2)cc1)c1ccccc1C(=O)N1CCN(C)CC1. The van der Waals surface area contributed by atoms with Crippen molar-refractivity contribution in [3.63, 3.8) is 0 Å². The van der Waals surface area contributed by atoms with E-state index in [9.17, 15) is 14.4 Å². The molecule has 0 aliphatic carbocycles. The van der Waals surface area contributed by atoms with Crippen LogP contribution in [0.5, 0.6) is 11.5 Å². The van der Waals surface area contributed by atoms with Crippen LogP contribution in [0.15, 0.2) is 128 Å². The average Bonchev–Trinajstić information content (AvgIpc) is 3.20. The van der Waals surface area contributed by atoms with Gasteiger partial charge in [0.2, 0.25) is 0 Å². The Bertz CT molecular complexity index is 2050. The van der Waals surface area contributed by atoms with Crippen LogP contribution in [-0.4, -0.2) is 74.9 Å². The molecule has 1 aliphatic rings. The summed E-state index contributed by atoms with van der Waals surface area (Å²) in [6.45, 7) is 7.80. The molecule has 9 heteroatoms. The van der Waals surface area contributed by atoms with E-state index in [4.69, 9.17) is 9.47 Å². The second kappa shape index (κ2) is 16.2. The molecule has 0 aromatic heterocycles. The molecule has 0 atom stereocenters. The van der Waals surface area contributed by atoms with Crippen molar-refractivity contribution in [2.45, 2.75) is 6.61 Å². The maximum absolute atomic E-state index is 14.0. The molecule has 0 radical (unpaired) electrons. The van der Waals surface area contributed by atoms with Crippen LogP contribution in [0, 0.1) is 0 Å². The van der Waals surface area contributed by atoms with Crippen LogP contribution < -0.4 is 19.7 Å². The first-order chi connectivity index (χ1) is 25.2. The highest BCUT2D eigenvalue weighted by Gasteiger charge is 2.25. The van der Waals surface area contributed by atoms with Crippen molar-refractivity contribution in [2.75, 3.05) is 57.6 Å². The van der Waals surface area contributed by atoms with E-state index in [1.54, 1.807) is 49.5 Å². The fourth-order valence-electron chi connectivity index (χ4n) is 6.09. The Labute approximate surface area is 304 Å². The zero-order valence-electron chi connectivity index (χ0n) is 29.7. The van der Waals surface area contributed by atoms with Crippen molar-refractivity contribution < 1.29 is 23.9 Å². The molecule has 3 amide bonds. The fourth-order valence-corrected chi connectivity index (χ4v) is 6.09. The van der Waals surface area contributed by atoms with Gasteiger partial charge in [-0.2, -0.15) is 0 Å². The van der Waals surface area contributed by atoms with E-state index in [-0.39, 0.29) is 23.1 Å². The Morgan fingerprint density at radius 1 is 0.731 bits per heavy atom. The molecule has 5 aromatic rings. The van der Waals surface area contributed by atoms with Crippen LogP contribution >= 0.6 is 0 Å². The smallest absolute Gasteiger partial charge is 0.260 e. The second-order valence-corrected chi connectivity index (χ2v) is 12.7. The van der Waals surface area contributed by atoms with Crippen molar-refractivity contribution in [1.29, 1.82) is 0 Å². The lowest BCUT2D eigenvalue weighted by Gasteiger charge is -2.33. The van der Waals surface area contributed by atoms with E-state index in [0.717, 1.165) is 29.8 Å². The van der Waals surface area contributed by atoms with E-state index in [1.807, 2.05) is 83.8 Å². The molecular formula is C43H42N4O5. The van der Waals surface area contributed by atoms with E-state index in [0.29, 0.717) is 53.6 Å². The number of hydrogen-bond donors (Lipinski definition) is 1. The summed E-state index contributed by atoms with van der Waals surface area (Å²) in [5.74, 6) is 0.247. The number of para-hydroxylation sites is 1. The molecular weight excluding hydrogens is 652 g/mol. The molecule has 264 valence electrons. The Morgan fingerprint density at radius 2 is 1.35 bits per heavy atom. The van der Waals surface area contributed by atoms with E-state index in [2.05, 4.69) is 23.8 Å². The van der Waals surface area contributed by atoms with Gasteiger partial charge < -0.3 is 29.5 Å². The number of carbonyl (C=O) groups excluding carboxylic acids is 3. The largest absolute Gasteiger partial charge is 0.495 e. The second-order valence-electron chi connectivity index (χ2n) is 12.7. The lowest BCUT2D eigenvalue weighted by atomic mass is 9.94. The fraction of sp³-hybridized carbons (Fsp3) is 0.186. The molecule has 5 aromatic carbocycles. The van der Waals surface area contributed by atoms with Crippen LogP contribution in [0.2, 0.25) is 0 Å². The van der Waals surface area contributed by atoms with Gasteiger partial charge in [-0.25, -0.2) is 0 Å². The van der Waals surface area contributed by atoms with Crippen LogP contribution in [0.25, 0.3) is 5.57 Å². The first-order valence-corrected chi connectivity index (χ1v) is 17.1. The molecule has 1 N–H and O–H groups in total. The minimum Gasteiger partial charge on any atom is -0.495 e. The van der Waals surface area contributed by atoms with Crippen molar-refractivity contribution in [1.82, 2.24) is 9.80 Å². The lowest BCUT2D eigenvalue weighted by molar-refractivity contribution is 0.0663. The minimum atomic E-state index is -0.398. The van der Waals surface area contributed by atoms with Gasteiger partial charge in [-0.1, -0.05) is 73.3 Å². The van der Waals surface area contributed by atoms with Crippen LogP contribution in [0.1, 0.15) is 47.8 Å². The number of rotatable bonds is 11. The summed E-state index contributed by atoms with van der Waals surface area (Å²) in [6, 6.07) is 36.7. The number of amides is 3. The molecule has 6 rings (SSSR count). The predicted octanol–water partition coefficient (Wildman–Crippen LogP) is 7.25. The highest BCUT2D eigenvalue weighted by Crippen LogP contribution is 2.32. The molecule has 1 heterocycles. The van der Waals surface area contributed by atoms with Gasteiger partial charge in [0.05, 0.1) is 18.4 Å². The van der Waals surface area contributed by atoms with Gasteiger partial charge in [0.25, 0.3) is 17.7 Å². The Morgan fingerprint density at radius 3 is 2.02 bits per heavy atom. The monoisotopic (exact) mass is 694 g/mol. The number of benzene rings is 5. The Hall–Kier alpha value is -6.19. The summed E-state index contributed by atoms with van der Waals surface area (Å²) in [4.78, 5) is 46.5. The highest BCUT2D eigenvalue weighted by molar-refractivity contribution is 6.14. The molecule has 52 heavy (non-hydrogen) atoms. The molecule has 0 saturated carbocycles. The molecule has 0 unspecified atom stereocenters. The van der Waals surface area contributed by atoms with E-state index in [1.165, 1.54) is 12.0 Å². The van der Waals surface area contributed by atoms with Gasteiger partial charge in [0.1, 0.15) is 18.1 Å². The number of methoxy groups -OCH3 is 1. The summed E-state index contributed by atoms with van der Waals surface area (Å²) >= 11 is 0. The third kappa shape index (κ3) is 8.06. The number of hydrogen-bond acceptors (Lipinski definition) is 6. The van der Waals surface area contributed by atoms with Crippen molar-refractivity contribution in [3.05, 3.63) is 161 Å². The van der Waals surface area contributed by atoms with Gasteiger partial charge in [0, 0.05) is 50.0 Å². The Balaban J connectivity index is 1.15. The predicted molar refractivity (Wildman–Crippen MR) is 205 cm³/mol. The van der Waals surface area contributed by atoms with Gasteiger partial charge in [-0.05, 0) is 83.9 Å². The maximum atomic E-state index is 14.0. The van der Waals surface area contributed by atoms with Gasteiger partial charge >= 0.3 is 0 Å². The molecule has 1 fully saturated rings. The van der Waals surface area contributed by atoms with E-state index < -0.39 is 5.91 Å². The molecule has 1 saturated heterocycles. The quantitative estimate of drug-likeness (QED) is 0.157. The summed E-state index contributed by atoms with van der Waals surface area (Å²) in [5, 5.41) is 2.90. The van der Waals surface area contributed by atoms with E-state index >= 15 is 0 Å². The molecule has 1 aliphatic heterocycles. The van der Waals surface area contributed by atoms with Crippen molar-refractivity contribution in [2.24, 2.45) is 0 Å². The minimum absolute atomic E-state index is 0.00199. The first kappa shape index (κ1) is 35.6.